The molecule has 10 heteroatoms. The summed E-state index contributed by atoms with van der Waals surface area (Å²) >= 11 is 0. The van der Waals surface area contributed by atoms with E-state index in [-0.39, 0.29) is 23.4 Å². The molecule has 3 aromatic rings. The predicted molar refractivity (Wildman–Crippen MR) is 113 cm³/mol. The van der Waals surface area contributed by atoms with Crippen LogP contribution >= 0.6 is 0 Å². The molecule has 31 heavy (non-hydrogen) atoms. The van der Waals surface area contributed by atoms with E-state index in [1.807, 2.05) is 7.05 Å². The number of alkyl halides is 1. The summed E-state index contributed by atoms with van der Waals surface area (Å²) in [4.78, 5) is 6.21. The number of hydrogen-bond donors (Lipinski definition) is 2. The summed E-state index contributed by atoms with van der Waals surface area (Å²) in [6.07, 6.45) is 5.32. The number of phenols is 1. The quantitative estimate of drug-likeness (QED) is 0.656. The maximum absolute atomic E-state index is 15.1. The maximum Gasteiger partial charge on any atom is 0.245 e. The predicted octanol–water partition coefficient (Wildman–Crippen LogP) is 2.13. The van der Waals surface area contributed by atoms with E-state index in [4.69, 9.17) is 0 Å². The third-order valence-electron chi connectivity index (χ3n) is 6.90. The van der Waals surface area contributed by atoms with Crippen LogP contribution in [0.2, 0.25) is 0 Å². The van der Waals surface area contributed by atoms with Crippen LogP contribution in [0.1, 0.15) is 26.7 Å². The maximum atomic E-state index is 15.1. The average Bonchev–Trinajstić information content (AvgIpc) is 3.38. The average molecular weight is 424 g/mol. The van der Waals surface area contributed by atoms with Crippen LogP contribution in [0.15, 0.2) is 36.8 Å². The molecule has 5 atom stereocenters. The fourth-order valence-corrected chi connectivity index (χ4v) is 4.83. The van der Waals surface area contributed by atoms with E-state index in [2.05, 4.69) is 44.7 Å². The molecular weight excluding hydrogens is 399 g/mol. The van der Waals surface area contributed by atoms with Crippen molar-refractivity contribution in [3.8, 4) is 22.7 Å². The molecule has 0 spiro atoms. The Labute approximate surface area is 179 Å². The highest BCUT2D eigenvalue weighted by Crippen LogP contribution is 2.42. The molecule has 2 aliphatic heterocycles. The van der Waals surface area contributed by atoms with Crippen LogP contribution in [-0.2, 0) is 0 Å². The van der Waals surface area contributed by atoms with Crippen LogP contribution < -0.4 is 10.2 Å². The Kier molecular flexibility index (Phi) is 4.62. The largest absolute Gasteiger partial charge is 0.507 e. The lowest BCUT2D eigenvalue weighted by atomic mass is 9.83. The number of nitrogens with zero attached hydrogens (tertiary/aromatic N) is 7. The zero-order chi connectivity index (χ0) is 21.8. The fourth-order valence-electron chi connectivity index (χ4n) is 4.83. The van der Waals surface area contributed by atoms with Crippen molar-refractivity contribution in [1.82, 2.24) is 35.5 Å². The number of piperidine rings is 1. The van der Waals surface area contributed by atoms with E-state index in [0.717, 1.165) is 6.42 Å². The number of halogens is 1. The molecule has 0 amide bonds. The first-order chi connectivity index (χ1) is 14.9. The second-order valence-corrected chi connectivity index (χ2v) is 8.82. The molecule has 0 saturated carbocycles. The zero-order valence-electron chi connectivity index (χ0n) is 17.6. The Balaban J connectivity index is 1.37. The third-order valence-corrected chi connectivity index (χ3v) is 6.90. The summed E-state index contributed by atoms with van der Waals surface area (Å²) in [6.45, 7) is 4.34. The molecule has 9 nitrogen and oxygen atoms in total. The molecule has 2 aliphatic rings. The number of anilines is 1. The molecule has 2 aromatic heterocycles. The number of rotatable bonds is 4. The Morgan fingerprint density at radius 1 is 1.32 bits per heavy atom. The highest BCUT2D eigenvalue weighted by atomic mass is 19.1. The fraction of sp³-hybridized carbons (Fsp3) is 0.476. The van der Waals surface area contributed by atoms with E-state index in [1.165, 1.54) is 0 Å². The van der Waals surface area contributed by atoms with Crippen molar-refractivity contribution in [1.29, 1.82) is 0 Å². The van der Waals surface area contributed by atoms with E-state index >= 15 is 4.39 Å². The number of aromatic hydroxyl groups is 1. The summed E-state index contributed by atoms with van der Waals surface area (Å²) in [5.41, 5.74) is 1.52. The van der Waals surface area contributed by atoms with Crippen molar-refractivity contribution in [2.75, 3.05) is 11.9 Å². The minimum Gasteiger partial charge on any atom is -0.507 e. The summed E-state index contributed by atoms with van der Waals surface area (Å²) in [5.74, 6) is 0.817. The lowest BCUT2D eigenvalue weighted by Crippen LogP contribution is -2.61. The number of hydrogen-bond acceptors (Lipinski definition) is 8. The molecule has 2 saturated heterocycles. The van der Waals surface area contributed by atoms with Crippen molar-refractivity contribution < 1.29 is 9.50 Å². The van der Waals surface area contributed by atoms with Gasteiger partial charge in [0.25, 0.3) is 0 Å². The molecule has 1 aromatic carbocycles. The molecule has 4 heterocycles. The van der Waals surface area contributed by atoms with E-state index in [1.54, 1.807) is 46.4 Å². The minimum atomic E-state index is -1.00. The Morgan fingerprint density at radius 3 is 2.84 bits per heavy atom. The normalized spacial score (nSPS) is 29.8. The summed E-state index contributed by atoms with van der Waals surface area (Å²) < 4.78 is 16.7. The number of benzene rings is 1. The highest BCUT2D eigenvalue weighted by molar-refractivity contribution is 5.68. The van der Waals surface area contributed by atoms with Crippen molar-refractivity contribution in [3.05, 3.63) is 36.8 Å². The molecule has 2 unspecified atom stereocenters. The first kappa shape index (κ1) is 19.8. The summed E-state index contributed by atoms with van der Waals surface area (Å²) in [5, 5.41) is 30.1. The van der Waals surface area contributed by atoms with E-state index < -0.39 is 6.17 Å². The van der Waals surface area contributed by atoms with Crippen molar-refractivity contribution in [2.45, 2.75) is 50.5 Å². The molecular formula is C21H25FN8O. The molecule has 162 valence electrons. The molecule has 5 rings (SSSR count). The van der Waals surface area contributed by atoms with Crippen LogP contribution in [0.4, 0.5) is 10.3 Å². The van der Waals surface area contributed by atoms with Gasteiger partial charge in [0.2, 0.25) is 5.95 Å². The van der Waals surface area contributed by atoms with Gasteiger partial charge in [-0.2, -0.15) is 0 Å². The van der Waals surface area contributed by atoms with Crippen molar-refractivity contribution >= 4 is 5.95 Å². The molecule has 2 bridgehead atoms. The van der Waals surface area contributed by atoms with Gasteiger partial charge in [-0.25, -0.2) is 14.1 Å². The van der Waals surface area contributed by atoms with E-state index in [9.17, 15) is 5.11 Å². The minimum absolute atomic E-state index is 0.0332. The zero-order valence-corrected chi connectivity index (χ0v) is 17.6. The van der Waals surface area contributed by atoms with Gasteiger partial charge in [0.1, 0.15) is 17.6 Å². The second-order valence-electron chi connectivity index (χ2n) is 8.82. The van der Waals surface area contributed by atoms with E-state index in [0.29, 0.717) is 35.2 Å². The van der Waals surface area contributed by atoms with Gasteiger partial charge in [-0.1, -0.05) is 12.1 Å². The molecule has 2 fully saturated rings. The molecule has 0 aliphatic carbocycles. The molecule has 0 radical (unpaired) electrons. The van der Waals surface area contributed by atoms with Crippen LogP contribution in [0.3, 0.4) is 0 Å². The van der Waals surface area contributed by atoms with Gasteiger partial charge in [0.05, 0.1) is 30.3 Å². The molecule has 2 N–H and O–H groups in total. The topological polar surface area (TPSA) is 105 Å². The number of nitrogens with one attached hydrogen (secondary N) is 1. The van der Waals surface area contributed by atoms with Gasteiger partial charge >= 0.3 is 0 Å². The smallest absolute Gasteiger partial charge is 0.245 e. The number of phenolic OH excluding ortho intramolecular Hbond substituents is 1. The van der Waals surface area contributed by atoms with Gasteiger partial charge in [-0.3, -0.25) is 0 Å². The highest BCUT2D eigenvalue weighted by Gasteiger charge is 2.53. The van der Waals surface area contributed by atoms with Crippen LogP contribution in [-0.4, -0.2) is 66.1 Å². The Bertz CT molecular complexity index is 1080. The number of fused-ring (bicyclic) bond motifs is 2. The summed E-state index contributed by atoms with van der Waals surface area (Å²) in [6, 6.07) is 4.64. The van der Waals surface area contributed by atoms with Crippen LogP contribution in [0, 0.1) is 5.92 Å². The van der Waals surface area contributed by atoms with Gasteiger partial charge in [-0.05, 0) is 37.8 Å². The van der Waals surface area contributed by atoms with Crippen LogP contribution in [0.25, 0.3) is 16.9 Å². The van der Waals surface area contributed by atoms with Crippen molar-refractivity contribution in [2.24, 2.45) is 5.92 Å². The van der Waals surface area contributed by atoms with Crippen LogP contribution in [0.5, 0.6) is 5.75 Å². The van der Waals surface area contributed by atoms with Crippen molar-refractivity contribution in [3.63, 3.8) is 0 Å². The monoisotopic (exact) mass is 424 g/mol. The van der Waals surface area contributed by atoms with Gasteiger partial charge in [-0.15, -0.1) is 15.3 Å². The van der Waals surface area contributed by atoms with Gasteiger partial charge in [0.15, 0.2) is 0 Å². The van der Waals surface area contributed by atoms with Gasteiger partial charge < -0.3 is 15.3 Å². The Hall–Kier alpha value is -3.14. The first-order valence-corrected chi connectivity index (χ1v) is 10.4. The standard InChI is InChI=1S/C21H25FN8O/c1-12-8-15-19(22)17(10-21(12,2)25-15)29(3)20-23-11-16(26-27-20)14-5-4-13(9-18(14)31)30-7-6-24-28-30/h4-7,9,11-12,15,17,19,25,31H,8,10H2,1-3H3/t12?,15?,17-,19-,21+/m0/s1. The lowest BCUT2D eigenvalue weighted by Gasteiger charge is -2.43. The Morgan fingerprint density at radius 2 is 2.16 bits per heavy atom. The SMILES string of the molecule is CC1CC2N[C@]1(C)C[C@H](N(C)c1ncc(-c3ccc(-n4ccnn4)cc3O)nn1)[C@H]2F. The number of aromatic nitrogens is 6. The first-order valence-electron chi connectivity index (χ1n) is 10.4. The lowest BCUT2D eigenvalue weighted by molar-refractivity contribution is 0.136. The second kappa shape index (κ2) is 7.23. The third kappa shape index (κ3) is 3.31. The van der Waals surface area contributed by atoms with Gasteiger partial charge in [0, 0.05) is 30.3 Å². The summed E-state index contributed by atoms with van der Waals surface area (Å²) in [7, 11) is 1.82.